The zero-order valence-electron chi connectivity index (χ0n) is 9.56. The second kappa shape index (κ2) is 5.42. The highest BCUT2D eigenvalue weighted by Gasteiger charge is 2.14. The zero-order valence-corrected chi connectivity index (χ0v) is 9.56. The van der Waals surface area contributed by atoms with Gasteiger partial charge in [-0.05, 0) is 24.3 Å². The van der Waals surface area contributed by atoms with Gasteiger partial charge in [-0.2, -0.15) is 0 Å². The standard InChI is InChI=1S/C12H13FN4O/c13-8-1-3-9(4-2-8)17-12(18)11(14)5-10-6-15-7-16-10/h1-4,6-7,11H,5,14H2,(H,15,16)(H,17,18)/t11-/m1/s1. The number of anilines is 1. The minimum atomic E-state index is -0.685. The number of benzene rings is 1. The maximum absolute atomic E-state index is 12.7. The summed E-state index contributed by atoms with van der Waals surface area (Å²) in [6.07, 6.45) is 3.51. The second-order valence-electron chi connectivity index (χ2n) is 3.88. The average molecular weight is 248 g/mol. The Morgan fingerprint density at radius 3 is 2.78 bits per heavy atom. The molecule has 0 spiro atoms. The van der Waals surface area contributed by atoms with Crippen molar-refractivity contribution in [3.05, 3.63) is 48.3 Å². The van der Waals surface area contributed by atoms with Crippen LogP contribution < -0.4 is 11.1 Å². The van der Waals surface area contributed by atoms with Crippen molar-refractivity contribution in [1.82, 2.24) is 9.97 Å². The first-order chi connectivity index (χ1) is 8.65. The van der Waals surface area contributed by atoms with Crippen molar-refractivity contribution >= 4 is 11.6 Å². The van der Waals surface area contributed by atoms with Crippen LogP contribution in [0.4, 0.5) is 10.1 Å². The number of aromatic amines is 1. The number of nitrogens with two attached hydrogens (primary N) is 1. The molecule has 0 radical (unpaired) electrons. The summed E-state index contributed by atoms with van der Waals surface area (Å²) in [4.78, 5) is 18.5. The van der Waals surface area contributed by atoms with Gasteiger partial charge in [-0.1, -0.05) is 0 Å². The molecule has 0 bridgehead atoms. The van der Waals surface area contributed by atoms with Gasteiger partial charge in [-0.15, -0.1) is 0 Å². The number of hydrogen-bond acceptors (Lipinski definition) is 3. The van der Waals surface area contributed by atoms with Crippen LogP contribution in [-0.4, -0.2) is 21.9 Å². The van der Waals surface area contributed by atoms with Crippen LogP contribution in [0.25, 0.3) is 0 Å². The molecule has 0 aliphatic carbocycles. The van der Waals surface area contributed by atoms with E-state index in [1.165, 1.54) is 30.6 Å². The Labute approximate surface area is 103 Å². The van der Waals surface area contributed by atoms with E-state index in [-0.39, 0.29) is 11.7 Å². The van der Waals surface area contributed by atoms with Gasteiger partial charge < -0.3 is 16.0 Å². The van der Waals surface area contributed by atoms with Crippen LogP contribution in [0, 0.1) is 5.82 Å². The minimum absolute atomic E-state index is 0.323. The lowest BCUT2D eigenvalue weighted by molar-refractivity contribution is -0.117. The van der Waals surface area contributed by atoms with E-state index in [0.29, 0.717) is 12.1 Å². The monoisotopic (exact) mass is 248 g/mol. The summed E-state index contributed by atoms with van der Waals surface area (Å²) in [5, 5.41) is 2.62. The molecule has 2 aromatic rings. The molecule has 6 heteroatoms. The number of aromatic nitrogens is 2. The van der Waals surface area contributed by atoms with Gasteiger partial charge in [0.15, 0.2) is 0 Å². The molecular weight excluding hydrogens is 235 g/mol. The normalized spacial score (nSPS) is 12.1. The lowest BCUT2D eigenvalue weighted by Crippen LogP contribution is -2.37. The van der Waals surface area contributed by atoms with E-state index >= 15 is 0 Å². The minimum Gasteiger partial charge on any atom is -0.348 e. The topological polar surface area (TPSA) is 83.8 Å². The summed E-state index contributed by atoms with van der Waals surface area (Å²) in [6.45, 7) is 0. The number of halogens is 1. The van der Waals surface area contributed by atoms with Crippen LogP contribution in [0.1, 0.15) is 5.69 Å². The van der Waals surface area contributed by atoms with E-state index in [1.54, 1.807) is 6.20 Å². The third kappa shape index (κ3) is 3.14. The molecule has 0 aliphatic rings. The quantitative estimate of drug-likeness (QED) is 0.756. The molecule has 1 amide bonds. The van der Waals surface area contributed by atoms with Gasteiger partial charge in [0.2, 0.25) is 5.91 Å². The van der Waals surface area contributed by atoms with Gasteiger partial charge in [-0.3, -0.25) is 4.79 Å². The van der Waals surface area contributed by atoms with E-state index in [0.717, 1.165) is 5.69 Å². The summed E-state index contributed by atoms with van der Waals surface area (Å²) in [5.74, 6) is -0.675. The fraction of sp³-hybridized carbons (Fsp3) is 0.167. The summed E-state index contributed by atoms with van der Waals surface area (Å²) in [5.41, 5.74) is 7.06. The maximum atomic E-state index is 12.7. The Kier molecular flexibility index (Phi) is 3.69. The highest BCUT2D eigenvalue weighted by atomic mass is 19.1. The zero-order chi connectivity index (χ0) is 13.0. The molecule has 4 N–H and O–H groups in total. The third-order valence-electron chi connectivity index (χ3n) is 2.44. The molecule has 1 aromatic heterocycles. The molecule has 1 heterocycles. The van der Waals surface area contributed by atoms with Gasteiger partial charge >= 0.3 is 0 Å². The summed E-state index contributed by atoms with van der Waals surface area (Å²) in [6, 6.07) is 4.83. The molecule has 94 valence electrons. The summed E-state index contributed by atoms with van der Waals surface area (Å²) < 4.78 is 12.7. The van der Waals surface area contributed by atoms with E-state index < -0.39 is 6.04 Å². The fourth-order valence-corrected chi connectivity index (χ4v) is 1.49. The van der Waals surface area contributed by atoms with Crippen molar-refractivity contribution in [1.29, 1.82) is 0 Å². The molecule has 2 rings (SSSR count). The molecule has 1 atom stereocenters. The van der Waals surface area contributed by atoms with Crippen LogP contribution in [0.15, 0.2) is 36.8 Å². The molecule has 0 saturated carbocycles. The lowest BCUT2D eigenvalue weighted by Gasteiger charge is -2.11. The molecule has 0 fully saturated rings. The van der Waals surface area contributed by atoms with Crippen molar-refractivity contribution in [3.63, 3.8) is 0 Å². The molecule has 5 nitrogen and oxygen atoms in total. The summed E-state index contributed by atoms with van der Waals surface area (Å²) >= 11 is 0. The van der Waals surface area contributed by atoms with Crippen molar-refractivity contribution in [3.8, 4) is 0 Å². The Balaban J connectivity index is 1.93. The number of imidazole rings is 1. The number of carbonyl (C=O) groups excluding carboxylic acids is 1. The van der Waals surface area contributed by atoms with E-state index in [4.69, 9.17) is 5.73 Å². The van der Waals surface area contributed by atoms with Crippen LogP contribution in [0.2, 0.25) is 0 Å². The molecular formula is C12H13FN4O. The number of amides is 1. The van der Waals surface area contributed by atoms with Gasteiger partial charge in [0, 0.05) is 24.0 Å². The first-order valence-electron chi connectivity index (χ1n) is 5.44. The first kappa shape index (κ1) is 12.3. The van der Waals surface area contributed by atoms with Crippen LogP contribution >= 0.6 is 0 Å². The third-order valence-corrected chi connectivity index (χ3v) is 2.44. The van der Waals surface area contributed by atoms with E-state index in [9.17, 15) is 9.18 Å². The van der Waals surface area contributed by atoms with Crippen molar-refractivity contribution in [2.45, 2.75) is 12.5 Å². The highest BCUT2D eigenvalue weighted by Crippen LogP contribution is 2.09. The van der Waals surface area contributed by atoms with Crippen LogP contribution in [0.5, 0.6) is 0 Å². The summed E-state index contributed by atoms with van der Waals surface area (Å²) in [7, 11) is 0. The number of hydrogen-bond donors (Lipinski definition) is 3. The molecule has 0 saturated heterocycles. The number of rotatable bonds is 4. The molecule has 0 aliphatic heterocycles. The van der Waals surface area contributed by atoms with Gasteiger partial charge in [0.1, 0.15) is 5.82 Å². The maximum Gasteiger partial charge on any atom is 0.241 e. The molecule has 1 aromatic carbocycles. The van der Waals surface area contributed by atoms with Crippen molar-refractivity contribution < 1.29 is 9.18 Å². The van der Waals surface area contributed by atoms with Crippen molar-refractivity contribution in [2.75, 3.05) is 5.32 Å². The smallest absolute Gasteiger partial charge is 0.241 e. The lowest BCUT2D eigenvalue weighted by atomic mass is 10.1. The Hall–Kier alpha value is -2.21. The van der Waals surface area contributed by atoms with Crippen LogP contribution in [-0.2, 0) is 11.2 Å². The molecule has 0 unspecified atom stereocenters. The number of nitrogens with zero attached hydrogens (tertiary/aromatic N) is 1. The predicted octanol–water partition coefficient (Wildman–Crippen LogP) is 1.06. The number of nitrogens with one attached hydrogen (secondary N) is 2. The Morgan fingerprint density at radius 2 is 2.17 bits per heavy atom. The second-order valence-corrected chi connectivity index (χ2v) is 3.88. The fourth-order valence-electron chi connectivity index (χ4n) is 1.49. The number of H-pyrrole nitrogens is 1. The average Bonchev–Trinajstić information content (AvgIpc) is 2.85. The highest BCUT2D eigenvalue weighted by molar-refractivity contribution is 5.94. The van der Waals surface area contributed by atoms with E-state index in [2.05, 4.69) is 15.3 Å². The van der Waals surface area contributed by atoms with E-state index in [1.807, 2.05) is 0 Å². The van der Waals surface area contributed by atoms with Crippen LogP contribution in [0.3, 0.4) is 0 Å². The Morgan fingerprint density at radius 1 is 1.44 bits per heavy atom. The Bertz CT molecular complexity index is 509. The van der Waals surface area contributed by atoms with Gasteiger partial charge in [-0.25, -0.2) is 9.37 Å². The van der Waals surface area contributed by atoms with Crippen molar-refractivity contribution in [2.24, 2.45) is 5.73 Å². The largest absolute Gasteiger partial charge is 0.348 e. The predicted molar refractivity (Wildman–Crippen MR) is 65.3 cm³/mol. The number of carbonyl (C=O) groups is 1. The SMILES string of the molecule is N[C@H](Cc1cnc[nH]1)C(=O)Nc1ccc(F)cc1. The molecule has 18 heavy (non-hydrogen) atoms. The van der Waals surface area contributed by atoms with Gasteiger partial charge in [0.25, 0.3) is 0 Å². The van der Waals surface area contributed by atoms with Gasteiger partial charge in [0.05, 0.1) is 12.4 Å². The first-order valence-corrected chi connectivity index (χ1v) is 5.44.